The lowest BCUT2D eigenvalue weighted by atomic mass is 9.82. The largest absolute Gasteiger partial charge is 0.493 e. The minimum absolute atomic E-state index is 0.158. The van der Waals surface area contributed by atoms with Crippen molar-refractivity contribution in [3.63, 3.8) is 0 Å². The summed E-state index contributed by atoms with van der Waals surface area (Å²) in [6.45, 7) is 13.4. The van der Waals surface area contributed by atoms with Gasteiger partial charge in [-0.15, -0.1) is 0 Å². The minimum Gasteiger partial charge on any atom is -0.493 e. The highest BCUT2D eigenvalue weighted by atomic mass is 16.6. The van der Waals surface area contributed by atoms with Crippen LogP contribution in [0.25, 0.3) is 16.9 Å². The van der Waals surface area contributed by atoms with Crippen molar-refractivity contribution in [3.8, 4) is 22.8 Å². The normalized spacial score (nSPS) is 12.1. The second-order valence-electron chi connectivity index (χ2n) is 11.8. The smallest absolute Gasteiger partial charge is 0.311 e. The number of unbranched alkanes of at least 4 members (excludes halogenated alkanes) is 5. The molecule has 1 N–H and O–H groups in total. The van der Waals surface area contributed by atoms with Crippen LogP contribution in [0.5, 0.6) is 11.5 Å². The van der Waals surface area contributed by atoms with Gasteiger partial charge in [0, 0.05) is 23.7 Å². The lowest BCUT2D eigenvalue weighted by Gasteiger charge is -2.34. The predicted molar refractivity (Wildman–Crippen MR) is 153 cm³/mol. The number of carbonyl (C=O) groups is 1. The zero-order valence-corrected chi connectivity index (χ0v) is 23.8. The minimum atomic E-state index is -0.222. The van der Waals surface area contributed by atoms with E-state index in [1.165, 1.54) is 25.7 Å². The molecule has 0 aliphatic carbocycles. The van der Waals surface area contributed by atoms with Gasteiger partial charge in [0.25, 0.3) is 0 Å². The van der Waals surface area contributed by atoms with Crippen molar-refractivity contribution >= 4 is 17.4 Å². The number of fused-ring (bicyclic) bond motifs is 1. The Morgan fingerprint density at radius 3 is 2.41 bits per heavy atom. The second kappa shape index (κ2) is 12.5. The van der Waals surface area contributed by atoms with Crippen molar-refractivity contribution in [3.05, 3.63) is 42.6 Å². The number of nitrogens with one attached hydrogen (secondary N) is 1. The van der Waals surface area contributed by atoms with Crippen molar-refractivity contribution in [1.82, 2.24) is 9.38 Å². The summed E-state index contributed by atoms with van der Waals surface area (Å²) in [4.78, 5) is 17.4. The van der Waals surface area contributed by atoms with Crippen molar-refractivity contribution in [1.29, 1.82) is 0 Å². The third kappa shape index (κ3) is 8.24. The third-order valence-corrected chi connectivity index (χ3v) is 6.35. The Labute approximate surface area is 222 Å². The molecule has 6 heteroatoms. The molecule has 2 aromatic heterocycles. The molecular weight excluding hydrogens is 462 g/mol. The summed E-state index contributed by atoms with van der Waals surface area (Å²) in [5.41, 5.74) is 2.60. The van der Waals surface area contributed by atoms with E-state index in [-0.39, 0.29) is 16.9 Å². The Morgan fingerprint density at radius 1 is 0.973 bits per heavy atom. The van der Waals surface area contributed by atoms with Gasteiger partial charge in [-0.1, -0.05) is 65.9 Å². The molecule has 3 rings (SSSR count). The van der Waals surface area contributed by atoms with Crippen LogP contribution in [0.15, 0.2) is 42.6 Å². The van der Waals surface area contributed by atoms with Gasteiger partial charge < -0.3 is 14.8 Å². The van der Waals surface area contributed by atoms with Crippen molar-refractivity contribution in [2.24, 2.45) is 5.41 Å². The van der Waals surface area contributed by atoms with Crippen LogP contribution in [0.3, 0.4) is 0 Å². The quantitative estimate of drug-likeness (QED) is 0.143. The van der Waals surface area contributed by atoms with Crippen molar-refractivity contribution in [2.45, 2.75) is 98.4 Å². The number of hydrogen-bond acceptors (Lipinski definition) is 5. The molecule has 2 heterocycles. The maximum atomic E-state index is 12.5. The van der Waals surface area contributed by atoms with Gasteiger partial charge in [0.05, 0.1) is 7.11 Å². The molecule has 3 aromatic rings. The number of benzene rings is 1. The standard InChI is InChI=1S/C31H45N3O3/c1-8-9-10-11-12-13-17-27(35)37-24-19-18-23(21-25(24)36-7)28-29(33-31(5,6)22-30(2,3)4)34-20-15-14-16-26(34)32-28/h14-16,18-21,33H,8-13,17,22H2,1-7H3. The lowest BCUT2D eigenvalue weighted by Crippen LogP contribution is -2.36. The molecular formula is C31H45N3O3. The van der Waals surface area contributed by atoms with E-state index in [4.69, 9.17) is 14.5 Å². The fraction of sp³-hybridized carbons (Fsp3) is 0.548. The monoisotopic (exact) mass is 507 g/mol. The maximum absolute atomic E-state index is 12.5. The van der Waals surface area contributed by atoms with Gasteiger partial charge in [0.2, 0.25) is 0 Å². The average molecular weight is 508 g/mol. The molecule has 0 saturated heterocycles. The molecule has 1 aromatic carbocycles. The number of nitrogens with zero attached hydrogens (tertiary/aromatic N) is 2. The van der Waals surface area contributed by atoms with Crippen LogP contribution in [0, 0.1) is 5.41 Å². The molecule has 6 nitrogen and oxygen atoms in total. The van der Waals surface area contributed by atoms with E-state index in [0.717, 1.165) is 42.0 Å². The van der Waals surface area contributed by atoms with E-state index in [0.29, 0.717) is 17.9 Å². The molecule has 0 spiro atoms. The van der Waals surface area contributed by atoms with Gasteiger partial charge in [-0.2, -0.15) is 0 Å². The first kappa shape index (κ1) is 28.5. The van der Waals surface area contributed by atoms with Gasteiger partial charge in [0.15, 0.2) is 11.5 Å². The number of anilines is 1. The van der Waals surface area contributed by atoms with Gasteiger partial charge >= 0.3 is 5.97 Å². The Kier molecular flexibility index (Phi) is 9.63. The summed E-state index contributed by atoms with van der Waals surface area (Å²) in [6.07, 6.45) is 10.2. The number of pyridine rings is 1. The van der Waals surface area contributed by atoms with E-state index in [2.05, 4.69) is 51.3 Å². The first-order valence-electron chi connectivity index (χ1n) is 13.7. The van der Waals surface area contributed by atoms with E-state index in [1.54, 1.807) is 13.2 Å². The fourth-order valence-corrected chi connectivity index (χ4v) is 5.13. The van der Waals surface area contributed by atoms with Crippen LogP contribution in [-0.4, -0.2) is 28.0 Å². The number of esters is 1. The van der Waals surface area contributed by atoms with Crippen LogP contribution in [0.1, 0.15) is 92.9 Å². The molecule has 37 heavy (non-hydrogen) atoms. The molecule has 0 fully saturated rings. The van der Waals surface area contributed by atoms with Gasteiger partial charge in [-0.25, -0.2) is 4.98 Å². The number of aromatic nitrogens is 2. The van der Waals surface area contributed by atoms with E-state index < -0.39 is 0 Å². The lowest BCUT2D eigenvalue weighted by molar-refractivity contribution is -0.134. The summed E-state index contributed by atoms with van der Waals surface area (Å²) in [5.74, 6) is 1.67. The Bertz CT molecular complexity index is 1170. The van der Waals surface area contributed by atoms with Crippen molar-refractivity contribution < 1.29 is 14.3 Å². The molecule has 0 aliphatic heterocycles. The van der Waals surface area contributed by atoms with Crippen LogP contribution in [0.4, 0.5) is 5.82 Å². The van der Waals surface area contributed by atoms with E-state index in [1.807, 2.05) is 36.5 Å². The molecule has 0 amide bonds. The number of imidazole rings is 1. The number of ether oxygens (including phenoxy) is 2. The van der Waals surface area contributed by atoms with Gasteiger partial charge in [-0.3, -0.25) is 9.20 Å². The zero-order valence-electron chi connectivity index (χ0n) is 23.8. The highest BCUT2D eigenvalue weighted by molar-refractivity contribution is 5.79. The van der Waals surface area contributed by atoms with E-state index in [9.17, 15) is 4.79 Å². The Hall–Kier alpha value is -3.02. The van der Waals surface area contributed by atoms with E-state index >= 15 is 0 Å². The topological polar surface area (TPSA) is 64.9 Å². The summed E-state index contributed by atoms with van der Waals surface area (Å²) in [6, 6.07) is 11.6. The molecule has 0 atom stereocenters. The second-order valence-corrected chi connectivity index (χ2v) is 11.8. The fourth-order valence-electron chi connectivity index (χ4n) is 5.13. The van der Waals surface area contributed by atoms with Crippen LogP contribution < -0.4 is 14.8 Å². The van der Waals surface area contributed by atoms with Crippen LogP contribution in [-0.2, 0) is 4.79 Å². The number of carbonyl (C=O) groups excluding carboxylic acids is 1. The van der Waals surface area contributed by atoms with Crippen molar-refractivity contribution in [2.75, 3.05) is 12.4 Å². The highest BCUT2D eigenvalue weighted by Gasteiger charge is 2.28. The van der Waals surface area contributed by atoms with Gasteiger partial charge in [0.1, 0.15) is 17.2 Å². The summed E-state index contributed by atoms with van der Waals surface area (Å²) in [5, 5.41) is 3.76. The molecule has 0 saturated carbocycles. The highest BCUT2D eigenvalue weighted by Crippen LogP contribution is 2.38. The number of hydrogen-bond donors (Lipinski definition) is 1. The molecule has 0 unspecified atom stereocenters. The Morgan fingerprint density at radius 2 is 1.70 bits per heavy atom. The maximum Gasteiger partial charge on any atom is 0.311 e. The Balaban J connectivity index is 1.83. The van der Waals surface area contributed by atoms with Gasteiger partial charge in [-0.05, 0) is 62.4 Å². The van der Waals surface area contributed by atoms with Crippen LogP contribution >= 0.6 is 0 Å². The molecule has 0 aliphatic rings. The average Bonchev–Trinajstić information content (AvgIpc) is 3.17. The number of rotatable bonds is 13. The molecule has 202 valence electrons. The summed E-state index contributed by atoms with van der Waals surface area (Å²) < 4.78 is 13.4. The summed E-state index contributed by atoms with van der Waals surface area (Å²) in [7, 11) is 1.60. The first-order valence-corrected chi connectivity index (χ1v) is 13.7. The SMILES string of the molecule is CCCCCCCCC(=O)Oc1ccc(-c2nc3ccccn3c2NC(C)(C)CC(C)(C)C)cc1OC. The van der Waals surface area contributed by atoms with Crippen LogP contribution in [0.2, 0.25) is 0 Å². The number of methoxy groups -OCH3 is 1. The third-order valence-electron chi connectivity index (χ3n) is 6.35. The zero-order chi connectivity index (χ0) is 27.1. The first-order chi connectivity index (χ1) is 17.5. The molecule has 0 radical (unpaired) electrons. The predicted octanol–water partition coefficient (Wildman–Crippen LogP) is 8.29. The summed E-state index contributed by atoms with van der Waals surface area (Å²) >= 11 is 0. The molecule has 0 bridgehead atoms.